The third kappa shape index (κ3) is 2.50. The number of Topliss-reactive ketones (excluding diaryl/α,β-unsaturated/α-hetero) is 1. The number of allylic oxidation sites excluding steroid dienone is 1. The number of hydrogen-bond donors (Lipinski definition) is 0. The summed E-state index contributed by atoms with van der Waals surface area (Å²) in [4.78, 5) is 24.2. The molecule has 0 fully saturated rings. The number of ketones is 2. The summed E-state index contributed by atoms with van der Waals surface area (Å²) in [6.45, 7) is 2.14. The Hall–Kier alpha value is -1.35. The standard InChI is InChI=1S/C14H14O2S/c1-2-3-8-17-13-9-12(15)14(16)11-7-5-4-6-10(11)13/h4-7,9H,2-3,8H2,1H3. The van der Waals surface area contributed by atoms with Crippen molar-refractivity contribution in [2.75, 3.05) is 5.75 Å². The van der Waals surface area contributed by atoms with Crippen molar-refractivity contribution in [2.24, 2.45) is 0 Å². The van der Waals surface area contributed by atoms with Crippen molar-refractivity contribution >= 4 is 28.2 Å². The lowest BCUT2D eigenvalue weighted by atomic mass is 9.95. The molecule has 0 saturated heterocycles. The highest BCUT2D eigenvalue weighted by molar-refractivity contribution is 8.08. The van der Waals surface area contributed by atoms with Crippen molar-refractivity contribution in [1.82, 2.24) is 0 Å². The van der Waals surface area contributed by atoms with E-state index in [1.54, 1.807) is 23.9 Å². The zero-order chi connectivity index (χ0) is 12.3. The Morgan fingerprint density at radius 1 is 1.12 bits per heavy atom. The van der Waals surface area contributed by atoms with Crippen LogP contribution in [0.4, 0.5) is 0 Å². The summed E-state index contributed by atoms with van der Waals surface area (Å²) in [5, 5.41) is 0. The maximum absolute atomic E-state index is 11.7. The van der Waals surface area contributed by atoms with E-state index in [4.69, 9.17) is 0 Å². The molecule has 0 atom stereocenters. The number of benzene rings is 1. The quantitative estimate of drug-likeness (QED) is 0.603. The fraction of sp³-hybridized carbons (Fsp3) is 0.286. The van der Waals surface area contributed by atoms with E-state index in [0.717, 1.165) is 29.1 Å². The zero-order valence-electron chi connectivity index (χ0n) is 9.73. The molecule has 0 saturated carbocycles. The second-order valence-corrected chi connectivity index (χ2v) is 5.09. The lowest BCUT2D eigenvalue weighted by molar-refractivity contribution is -0.110. The predicted molar refractivity (Wildman–Crippen MR) is 71.1 cm³/mol. The van der Waals surface area contributed by atoms with Gasteiger partial charge in [0.2, 0.25) is 11.6 Å². The summed E-state index contributed by atoms with van der Waals surface area (Å²) >= 11 is 1.66. The van der Waals surface area contributed by atoms with E-state index >= 15 is 0 Å². The van der Waals surface area contributed by atoms with Crippen molar-refractivity contribution in [3.05, 3.63) is 41.5 Å². The van der Waals surface area contributed by atoms with Crippen LogP contribution < -0.4 is 0 Å². The zero-order valence-corrected chi connectivity index (χ0v) is 10.5. The van der Waals surface area contributed by atoms with Crippen LogP contribution in [-0.4, -0.2) is 17.3 Å². The van der Waals surface area contributed by atoms with Crippen LogP contribution in [0.25, 0.3) is 4.91 Å². The molecule has 1 aliphatic rings. The van der Waals surface area contributed by atoms with Crippen LogP contribution in [0.3, 0.4) is 0 Å². The molecule has 0 spiro atoms. The molecule has 0 radical (unpaired) electrons. The molecule has 0 unspecified atom stereocenters. The van der Waals surface area contributed by atoms with E-state index in [9.17, 15) is 9.59 Å². The van der Waals surface area contributed by atoms with Gasteiger partial charge in [-0.05, 0) is 17.7 Å². The minimum absolute atomic E-state index is 0.388. The molecule has 1 aromatic carbocycles. The Bertz CT molecular complexity index is 489. The average Bonchev–Trinajstić information content (AvgIpc) is 2.36. The summed E-state index contributed by atoms with van der Waals surface area (Å²) in [6, 6.07) is 7.33. The summed E-state index contributed by atoms with van der Waals surface area (Å²) in [6.07, 6.45) is 3.73. The third-order valence-electron chi connectivity index (χ3n) is 2.68. The van der Waals surface area contributed by atoms with Crippen molar-refractivity contribution in [3.8, 4) is 0 Å². The highest BCUT2D eigenvalue weighted by atomic mass is 32.2. The normalized spacial score (nSPS) is 14.5. The van der Waals surface area contributed by atoms with Gasteiger partial charge in [0.05, 0.1) is 0 Å². The van der Waals surface area contributed by atoms with Gasteiger partial charge in [-0.3, -0.25) is 9.59 Å². The fourth-order valence-corrected chi connectivity index (χ4v) is 2.91. The fourth-order valence-electron chi connectivity index (χ4n) is 1.74. The van der Waals surface area contributed by atoms with Gasteiger partial charge in [-0.15, -0.1) is 11.8 Å². The Morgan fingerprint density at radius 2 is 1.82 bits per heavy atom. The monoisotopic (exact) mass is 246 g/mol. The smallest absolute Gasteiger partial charge is 0.233 e. The Labute approximate surface area is 105 Å². The van der Waals surface area contributed by atoms with Gasteiger partial charge in [0, 0.05) is 16.5 Å². The number of thioether (sulfide) groups is 1. The van der Waals surface area contributed by atoms with Crippen molar-refractivity contribution in [2.45, 2.75) is 19.8 Å². The first-order chi connectivity index (χ1) is 8.24. The molecule has 3 heteroatoms. The van der Waals surface area contributed by atoms with Gasteiger partial charge >= 0.3 is 0 Å². The van der Waals surface area contributed by atoms with Crippen LogP contribution in [-0.2, 0) is 4.79 Å². The summed E-state index contributed by atoms with van der Waals surface area (Å²) < 4.78 is 0. The molecule has 0 aliphatic heterocycles. The van der Waals surface area contributed by atoms with E-state index in [1.165, 1.54) is 6.08 Å². The van der Waals surface area contributed by atoms with Crippen LogP contribution in [0.2, 0.25) is 0 Å². The van der Waals surface area contributed by atoms with Crippen LogP contribution >= 0.6 is 11.8 Å². The SMILES string of the molecule is CCCCSC1=CC(=O)C(=O)c2ccccc21. The number of hydrogen-bond acceptors (Lipinski definition) is 3. The lowest BCUT2D eigenvalue weighted by Crippen LogP contribution is -2.17. The van der Waals surface area contributed by atoms with Crippen LogP contribution in [0.5, 0.6) is 0 Å². The van der Waals surface area contributed by atoms with Crippen molar-refractivity contribution < 1.29 is 9.59 Å². The van der Waals surface area contributed by atoms with E-state index < -0.39 is 5.78 Å². The predicted octanol–water partition coefficient (Wildman–Crippen LogP) is 3.33. The first-order valence-corrected chi connectivity index (χ1v) is 6.75. The minimum atomic E-state index is -0.400. The minimum Gasteiger partial charge on any atom is -0.286 e. The first-order valence-electron chi connectivity index (χ1n) is 5.76. The van der Waals surface area contributed by atoms with Gasteiger partial charge in [0.1, 0.15) is 0 Å². The maximum Gasteiger partial charge on any atom is 0.233 e. The number of carbonyl (C=O) groups is 2. The van der Waals surface area contributed by atoms with E-state index in [1.807, 2.05) is 12.1 Å². The molecule has 1 aliphatic carbocycles. The molecule has 0 heterocycles. The molecule has 17 heavy (non-hydrogen) atoms. The largest absolute Gasteiger partial charge is 0.286 e. The van der Waals surface area contributed by atoms with Gasteiger partial charge in [-0.1, -0.05) is 37.6 Å². The Balaban J connectivity index is 2.29. The summed E-state index contributed by atoms with van der Waals surface area (Å²) in [5.74, 6) is 0.196. The first kappa shape index (κ1) is 12.1. The van der Waals surface area contributed by atoms with Gasteiger partial charge < -0.3 is 0 Å². The molecular weight excluding hydrogens is 232 g/mol. The summed E-state index contributed by atoms with van der Waals surface area (Å²) in [7, 11) is 0. The van der Waals surface area contributed by atoms with Crippen LogP contribution in [0, 0.1) is 0 Å². The number of rotatable bonds is 4. The molecule has 2 rings (SSSR count). The highest BCUT2D eigenvalue weighted by Gasteiger charge is 2.25. The third-order valence-corrected chi connectivity index (χ3v) is 3.82. The van der Waals surface area contributed by atoms with E-state index in [0.29, 0.717) is 5.56 Å². The molecule has 2 nitrogen and oxygen atoms in total. The second kappa shape index (κ2) is 5.32. The molecule has 0 N–H and O–H groups in total. The van der Waals surface area contributed by atoms with Crippen LogP contribution in [0.1, 0.15) is 35.7 Å². The molecule has 0 bridgehead atoms. The van der Waals surface area contributed by atoms with Gasteiger partial charge in [0.25, 0.3) is 0 Å². The van der Waals surface area contributed by atoms with Crippen molar-refractivity contribution in [3.63, 3.8) is 0 Å². The van der Waals surface area contributed by atoms with E-state index in [2.05, 4.69) is 6.92 Å². The lowest BCUT2D eigenvalue weighted by Gasteiger charge is -2.15. The molecule has 0 aromatic heterocycles. The number of unbranched alkanes of at least 4 members (excludes halogenated alkanes) is 1. The molecule has 0 amide bonds. The average molecular weight is 246 g/mol. The van der Waals surface area contributed by atoms with Gasteiger partial charge in [0.15, 0.2) is 0 Å². The maximum atomic E-state index is 11.7. The van der Waals surface area contributed by atoms with Crippen LogP contribution in [0.15, 0.2) is 30.3 Å². The van der Waals surface area contributed by atoms with Crippen molar-refractivity contribution in [1.29, 1.82) is 0 Å². The Kier molecular flexibility index (Phi) is 3.79. The summed E-state index contributed by atoms with van der Waals surface area (Å²) in [5.41, 5.74) is 1.44. The van der Waals surface area contributed by atoms with Gasteiger partial charge in [-0.2, -0.15) is 0 Å². The second-order valence-electron chi connectivity index (χ2n) is 3.95. The molecular formula is C14H14O2S. The topological polar surface area (TPSA) is 34.1 Å². The van der Waals surface area contributed by atoms with Gasteiger partial charge in [-0.25, -0.2) is 0 Å². The Morgan fingerprint density at radius 3 is 2.53 bits per heavy atom. The van der Waals surface area contributed by atoms with E-state index in [-0.39, 0.29) is 5.78 Å². The number of fused-ring (bicyclic) bond motifs is 1. The molecule has 1 aromatic rings. The number of carbonyl (C=O) groups excluding carboxylic acids is 2. The molecule has 88 valence electrons. The highest BCUT2D eigenvalue weighted by Crippen LogP contribution is 2.33.